The molecule has 0 unspecified atom stereocenters. The summed E-state index contributed by atoms with van der Waals surface area (Å²) < 4.78 is 0. The molecule has 110 valence electrons. The predicted octanol–water partition coefficient (Wildman–Crippen LogP) is 0.573. The van der Waals surface area contributed by atoms with Crippen LogP contribution in [0, 0.1) is 0 Å². The van der Waals surface area contributed by atoms with Gasteiger partial charge >= 0.3 is 59.1 Å². The number of aliphatic carboxylic acids is 1. The van der Waals surface area contributed by atoms with Crippen LogP contribution in [0.15, 0.2) is 0 Å². The standard InChI is InChI=1S/C16H32O2.2Na.H/c1-2-3-4-5-6-7-8-9-10-11-12-13-14-15-16(17)18;;;/h2-15H2,1H3,(H,17,18);;;/q;;+1;/p-1. The van der Waals surface area contributed by atoms with Crippen LogP contribution in [0.4, 0.5) is 0 Å². The van der Waals surface area contributed by atoms with Crippen molar-refractivity contribution in [2.75, 3.05) is 0 Å². The number of rotatable bonds is 14. The van der Waals surface area contributed by atoms with Gasteiger partial charge in [-0.25, -0.2) is 0 Å². The van der Waals surface area contributed by atoms with Crippen molar-refractivity contribution >= 4 is 35.5 Å². The molecule has 0 saturated carbocycles. The van der Waals surface area contributed by atoms with E-state index >= 15 is 0 Å². The first-order chi connectivity index (χ1) is 8.77. The molecule has 2 nitrogen and oxygen atoms in total. The van der Waals surface area contributed by atoms with E-state index in [0.717, 1.165) is 12.8 Å². The fourth-order valence-electron chi connectivity index (χ4n) is 2.29. The van der Waals surface area contributed by atoms with Gasteiger partial charge in [0.15, 0.2) is 0 Å². The Labute approximate surface area is 170 Å². The van der Waals surface area contributed by atoms with Crippen molar-refractivity contribution in [1.29, 1.82) is 0 Å². The van der Waals surface area contributed by atoms with E-state index in [-0.39, 0.29) is 65.5 Å². The second-order valence-corrected chi connectivity index (χ2v) is 5.36. The number of hydrogen-bond acceptors (Lipinski definition) is 2. The summed E-state index contributed by atoms with van der Waals surface area (Å²) in [6.45, 7) is 2.26. The van der Waals surface area contributed by atoms with Crippen LogP contribution < -0.4 is 34.7 Å². The van der Waals surface area contributed by atoms with Crippen molar-refractivity contribution in [1.82, 2.24) is 0 Å². The van der Waals surface area contributed by atoms with E-state index in [1.165, 1.54) is 70.6 Å². The van der Waals surface area contributed by atoms with Crippen LogP contribution in [0.5, 0.6) is 0 Å². The summed E-state index contributed by atoms with van der Waals surface area (Å²) in [5.74, 6) is -0.905. The molecule has 0 aromatic carbocycles. The van der Waals surface area contributed by atoms with Gasteiger partial charge in [0, 0.05) is 5.97 Å². The van der Waals surface area contributed by atoms with E-state index in [9.17, 15) is 9.90 Å². The van der Waals surface area contributed by atoms with Gasteiger partial charge < -0.3 is 9.90 Å². The van der Waals surface area contributed by atoms with Gasteiger partial charge in [0.2, 0.25) is 0 Å². The summed E-state index contributed by atoms with van der Waals surface area (Å²) in [5, 5.41) is 10.2. The molecule has 0 spiro atoms. The van der Waals surface area contributed by atoms with Crippen molar-refractivity contribution in [3.63, 3.8) is 0 Å². The van der Waals surface area contributed by atoms with Crippen LogP contribution in [-0.4, -0.2) is 35.5 Å². The predicted molar refractivity (Wildman–Crippen MR) is 82.5 cm³/mol. The average molecular weight is 302 g/mol. The molecule has 0 radical (unpaired) electrons. The molecule has 20 heavy (non-hydrogen) atoms. The molecule has 0 rings (SSSR count). The summed E-state index contributed by atoms with van der Waals surface area (Å²) >= 11 is 0. The minimum absolute atomic E-state index is 0. The third-order valence-electron chi connectivity index (χ3n) is 3.48. The van der Waals surface area contributed by atoms with Gasteiger partial charge in [0.25, 0.3) is 0 Å². The van der Waals surface area contributed by atoms with E-state index < -0.39 is 5.97 Å². The van der Waals surface area contributed by atoms with Gasteiger partial charge in [-0.15, -0.1) is 0 Å². The van der Waals surface area contributed by atoms with E-state index in [0.29, 0.717) is 0 Å². The average Bonchev–Trinajstić information content (AvgIpc) is 2.34. The molecule has 4 heteroatoms. The number of carboxylic acid groups (broad SMARTS) is 1. The molecule has 0 amide bonds. The van der Waals surface area contributed by atoms with Gasteiger partial charge in [-0.3, -0.25) is 0 Å². The Morgan fingerprint density at radius 3 is 1.30 bits per heavy atom. The summed E-state index contributed by atoms with van der Waals surface area (Å²) in [5.41, 5.74) is 0. The Balaban J connectivity index is -0.00000144. The summed E-state index contributed by atoms with van der Waals surface area (Å²) in [6, 6.07) is 0. The maximum absolute atomic E-state index is 10.2. The molecular weight excluding hydrogens is 270 g/mol. The SMILES string of the molecule is CCCCCCCCCCCCCCCC(=O)[O-].[Na+].[NaH]. The number of carbonyl (C=O) groups excluding carboxylic acids is 1. The maximum atomic E-state index is 10.2. The first kappa shape index (κ1) is 26.4. The first-order valence-corrected chi connectivity index (χ1v) is 7.97. The Morgan fingerprint density at radius 1 is 0.700 bits per heavy atom. The molecule has 0 N–H and O–H groups in total. The zero-order valence-electron chi connectivity index (χ0n) is 13.2. The van der Waals surface area contributed by atoms with E-state index in [1.807, 2.05) is 0 Å². The monoisotopic (exact) mass is 302 g/mol. The van der Waals surface area contributed by atoms with Gasteiger partial charge in [-0.2, -0.15) is 0 Å². The zero-order valence-corrected chi connectivity index (χ0v) is 15.2. The molecule has 0 saturated heterocycles. The Hall–Kier alpha value is 1.47. The van der Waals surface area contributed by atoms with Crippen LogP contribution in [0.1, 0.15) is 96.8 Å². The Kier molecular flexibility index (Phi) is 30.0. The van der Waals surface area contributed by atoms with Gasteiger partial charge in [0.1, 0.15) is 0 Å². The fourth-order valence-corrected chi connectivity index (χ4v) is 2.29. The third kappa shape index (κ3) is 24.5. The zero-order chi connectivity index (χ0) is 13.5. The van der Waals surface area contributed by atoms with Crippen molar-refractivity contribution in [2.24, 2.45) is 0 Å². The van der Waals surface area contributed by atoms with Crippen LogP contribution in [-0.2, 0) is 4.79 Å². The molecule has 0 bridgehead atoms. The van der Waals surface area contributed by atoms with Crippen LogP contribution in [0.3, 0.4) is 0 Å². The van der Waals surface area contributed by atoms with Crippen molar-refractivity contribution in [2.45, 2.75) is 96.8 Å². The third-order valence-corrected chi connectivity index (χ3v) is 3.48. The van der Waals surface area contributed by atoms with Crippen LogP contribution in [0.2, 0.25) is 0 Å². The molecule has 0 fully saturated rings. The molecular formula is C16H32Na2O2. The summed E-state index contributed by atoms with van der Waals surface area (Å²) in [4.78, 5) is 10.2. The van der Waals surface area contributed by atoms with Gasteiger partial charge in [-0.05, 0) is 12.8 Å². The molecule has 0 aromatic heterocycles. The topological polar surface area (TPSA) is 40.1 Å². The van der Waals surface area contributed by atoms with E-state index in [2.05, 4.69) is 6.92 Å². The van der Waals surface area contributed by atoms with E-state index in [4.69, 9.17) is 0 Å². The van der Waals surface area contributed by atoms with Crippen molar-refractivity contribution in [3.8, 4) is 0 Å². The Morgan fingerprint density at radius 2 is 1.00 bits per heavy atom. The fraction of sp³-hybridized carbons (Fsp3) is 0.938. The van der Waals surface area contributed by atoms with Gasteiger partial charge in [-0.1, -0.05) is 84.0 Å². The summed E-state index contributed by atoms with van der Waals surface area (Å²) in [6.07, 6.45) is 16.9. The Bertz CT molecular complexity index is 187. The molecule has 0 aliphatic heterocycles. The van der Waals surface area contributed by atoms with Crippen LogP contribution in [0.25, 0.3) is 0 Å². The minimum atomic E-state index is -0.905. The molecule has 0 aliphatic carbocycles. The quantitative estimate of drug-likeness (QED) is 0.348. The molecule has 0 aliphatic rings. The second-order valence-electron chi connectivity index (χ2n) is 5.36. The summed E-state index contributed by atoms with van der Waals surface area (Å²) in [7, 11) is 0. The second kappa shape index (κ2) is 22.7. The molecule has 0 aromatic rings. The first-order valence-electron chi connectivity index (χ1n) is 7.97. The number of unbranched alkanes of at least 4 members (excludes halogenated alkanes) is 12. The van der Waals surface area contributed by atoms with Crippen LogP contribution >= 0.6 is 0 Å². The van der Waals surface area contributed by atoms with E-state index in [1.54, 1.807) is 0 Å². The number of carbonyl (C=O) groups is 1. The van der Waals surface area contributed by atoms with Crippen molar-refractivity contribution in [3.05, 3.63) is 0 Å². The molecule has 0 heterocycles. The van der Waals surface area contributed by atoms with Crippen molar-refractivity contribution < 1.29 is 39.5 Å². The van der Waals surface area contributed by atoms with Gasteiger partial charge in [0.05, 0.1) is 0 Å². The molecule has 0 atom stereocenters. The normalized spacial score (nSPS) is 9.65. The number of hydrogen-bond donors (Lipinski definition) is 0. The number of carboxylic acids is 1.